The Morgan fingerprint density at radius 2 is 1.72 bits per heavy atom. The highest BCUT2D eigenvalue weighted by Gasteiger charge is 2.34. The number of imidazole rings is 1. The predicted octanol–water partition coefficient (Wildman–Crippen LogP) is 5.33. The number of carbonyl (C=O) groups excluding carboxylic acids is 1. The minimum Gasteiger partial charge on any atom is -0.497 e. The summed E-state index contributed by atoms with van der Waals surface area (Å²) in [7, 11) is 3.25. The topological polar surface area (TPSA) is 65.4 Å². The third kappa shape index (κ3) is 3.12. The van der Waals surface area contributed by atoms with Crippen molar-refractivity contribution in [1.82, 2.24) is 9.55 Å². The second-order valence-corrected chi connectivity index (χ2v) is 7.64. The average molecular weight is 425 g/mol. The number of nitrogens with one attached hydrogen (secondary N) is 1. The van der Waals surface area contributed by atoms with Gasteiger partial charge in [-0.3, -0.25) is 9.36 Å². The molecule has 0 amide bonds. The van der Waals surface area contributed by atoms with Gasteiger partial charge in [0.15, 0.2) is 5.78 Å². The molecule has 1 N–H and O–H groups in total. The summed E-state index contributed by atoms with van der Waals surface area (Å²) in [5, 5.41) is 3.50. The fourth-order valence-corrected chi connectivity index (χ4v) is 4.33. The van der Waals surface area contributed by atoms with Crippen molar-refractivity contribution in [2.75, 3.05) is 19.5 Å². The molecule has 6 nitrogen and oxygen atoms in total. The van der Waals surface area contributed by atoms with Crippen molar-refractivity contribution in [1.29, 1.82) is 0 Å². The minimum absolute atomic E-state index is 0.0473. The van der Waals surface area contributed by atoms with Crippen molar-refractivity contribution in [3.05, 3.63) is 89.5 Å². The molecule has 0 aliphatic carbocycles. The lowest BCUT2D eigenvalue weighted by Crippen LogP contribution is -2.27. The first-order chi connectivity index (χ1) is 15.6. The summed E-state index contributed by atoms with van der Waals surface area (Å²) in [6.45, 7) is 1.97. The molecule has 1 aliphatic heterocycles. The molecule has 0 saturated heterocycles. The van der Waals surface area contributed by atoms with Gasteiger partial charge in [0.1, 0.15) is 11.5 Å². The molecule has 0 saturated carbocycles. The van der Waals surface area contributed by atoms with Gasteiger partial charge in [-0.05, 0) is 37.3 Å². The number of nitrogens with zero attached hydrogens (tertiary/aromatic N) is 2. The number of hydrogen-bond acceptors (Lipinski definition) is 5. The molecule has 5 rings (SSSR count). The van der Waals surface area contributed by atoms with Crippen molar-refractivity contribution in [3.63, 3.8) is 0 Å². The van der Waals surface area contributed by atoms with Gasteiger partial charge in [0.2, 0.25) is 5.95 Å². The van der Waals surface area contributed by atoms with Crippen LogP contribution in [0.5, 0.6) is 11.5 Å². The number of ether oxygens (including phenoxy) is 2. The molecule has 0 fully saturated rings. The van der Waals surface area contributed by atoms with E-state index in [0.29, 0.717) is 28.6 Å². The second-order valence-electron chi connectivity index (χ2n) is 7.64. The molecule has 6 heteroatoms. The van der Waals surface area contributed by atoms with Crippen molar-refractivity contribution in [2.45, 2.75) is 13.0 Å². The number of ketones is 1. The Morgan fingerprint density at radius 1 is 0.969 bits per heavy atom. The van der Waals surface area contributed by atoms with Crippen LogP contribution in [0.2, 0.25) is 0 Å². The number of allylic oxidation sites excluding steroid dienone is 1. The van der Waals surface area contributed by atoms with E-state index in [2.05, 4.69) is 5.32 Å². The highest BCUT2D eigenvalue weighted by molar-refractivity contribution is 6.14. The monoisotopic (exact) mass is 425 g/mol. The molecule has 160 valence electrons. The lowest BCUT2D eigenvalue weighted by Gasteiger charge is -2.31. The molecule has 0 spiro atoms. The van der Waals surface area contributed by atoms with E-state index >= 15 is 0 Å². The third-order valence-electron chi connectivity index (χ3n) is 5.88. The van der Waals surface area contributed by atoms with Crippen LogP contribution in [0.1, 0.15) is 28.9 Å². The molecule has 1 atom stereocenters. The molecule has 0 unspecified atom stereocenters. The number of aromatic nitrogens is 2. The maximum absolute atomic E-state index is 13.8. The van der Waals surface area contributed by atoms with Crippen LogP contribution in [0.15, 0.2) is 78.4 Å². The SMILES string of the molecule is COc1ccc(OC)c([C@H]2Nc3nc4ccccc4n3C(C)=C2C(=O)c2ccccc2)c1. The van der Waals surface area contributed by atoms with Gasteiger partial charge in [-0.1, -0.05) is 42.5 Å². The van der Waals surface area contributed by atoms with Gasteiger partial charge in [-0.25, -0.2) is 4.98 Å². The summed E-state index contributed by atoms with van der Waals surface area (Å²) in [6, 6.07) is 22.4. The lowest BCUT2D eigenvalue weighted by atomic mass is 9.89. The molecular weight excluding hydrogens is 402 g/mol. The number of rotatable bonds is 5. The number of carbonyl (C=O) groups is 1. The number of hydrogen-bond donors (Lipinski definition) is 1. The third-order valence-corrected chi connectivity index (χ3v) is 5.88. The number of para-hydroxylation sites is 2. The predicted molar refractivity (Wildman–Crippen MR) is 125 cm³/mol. The van der Waals surface area contributed by atoms with E-state index in [1.54, 1.807) is 14.2 Å². The van der Waals surface area contributed by atoms with Gasteiger partial charge in [-0.2, -0.15) is 0 Å². The normalized spacial score (nSPS) is 15.3. The molecule has 3 aromatic carbocycles. The fraction of sp³-hybridized carbons (Fsp3) is 0.154. The first-order valence-electron chi connectivity index (χ1n) is 10.4. The Hall–Kier alpha value is -4.06. The Kier molecular flexibility index (Phi) is 4.90. The van der Waals surface area contributed by atoms with Crippen molar-refractivity contribution in [3.8, 4) is 11.5 Å². The molecule has 0 radical (unpaired) electrons. The maximum Gasteiger partial charge on any atom is 0.209 e. The summed E-state index contributed by atoms with van der Waals surface area (Å²) in [4.78, 5) is 18.6. The summed E-state index contributed by atoms with van der Waals surface area (Å²) in [5.41, 5.74) is 4.71. The highest BCUT2D eigenvalue weighted by Crippen LogP contribution is 2.43. The zero-order chi connectivity index (χ0) is 22.2. The molecule has 4 aromatic rings. The molecule has 1 aromatic heterocycles. The summed E-state index contributed by atoms with van der Waals surface area (Å²) >= 11 is 0. The van der Waals surface area contributed by atoms with Crippen LogP contribution in [0, 0.1) is 0 Å². The Balaban J connectivity index is 1.77. The van der Waals surface area contributed by atoms with E-state index in [1.165, 1.54) is 0 Å². The lowest BCUT2D eigenvalue weighted by molar-refractivity contribution is 0.102. The largest absolute Gasteiger partial charge is 0.497 e. The summed E-state index contributed by atoms with van der Waals surface area (Å²) in [5.74, 6) is 1.99. The Labute approximate surface area is 186 Å². The van der Waals surface area contributed by atoms with Gasteiger partial charge >= 0.3 is 0 Å². The molecule has 1 aliphatic rings. The molecule has 0 bridgehead atoms. The van der Waals surface area contributed by atoms with Gasteiger partial charge in [0.05, 0.1) is 31.3 Å². The molecular formula is C26H23N3O3. The zero-order valence-corrected chi connectivity index (χ0v) is 18.1. The van der Waals surface area contributed by atoms with Crippen molar-refractivity contribution in [2.24, 2.45) is 0 Å². The van der Waals surface area contributed by atoms with Gasteiger partial charge in [0.25, 0.3) is 0 Å². The number of Topliss-reactive ketones (excluding diaryl/α,β-unsaturated/α-hetero) is 1. The van der Waals surface area contributed by atoms with Gasteiger partial charge in [-0.15, -0.1) is 0 Å². The van der Waals surface area contributed by atoms with Gasteiger partial charge < -0.3 is 14.8 Å². The van der Waals surface area contributed by atoms with E-state index in [0.717, 1.165) is 22.3 Å². The van der Waals surface area contributed by atoms with Crippen LogP contribution in [-0.2, 0) is 0 Å². The Morgan fingerprint density at radius 3 is 2.47 bits per heavy atom. The maximum atomic E-state index is 13.8. The van der Waals surface area contributed by atoms with E-state index in [9.17, 15) is 4.79 Å². The van der Waals surface area contributed by atoms with Crippen molar-refractivity contribution >= 4 is 28.5 Å². The minimum atomic E-state index is -0.461. The summed E-state index contributed by atoms with van der Waals surface area (Å²) in [6.07, 6.45) is 0. The van der Waals surface area contributed by atoms with Crippen molar-refractivity contribution < 1.29 is 14.3 Å². The van der Waals surface area contributed by atoms with Crippen LogP contribution in [0.4, 0.5) is 5.95 Å². The van der Waals surface area contributed by atoms with Gasteiger partial charge in [0, 0.05) is 22.4 Å². The summed E-state index contributed by atoms with van der Waals surface area (Å²) < 4.78 is 13.1. The number of methoxy groups -OCH3 is 2. The average Bonchev–Trinajstić information content (AvgIpc) is 3.22. The highest BCUT2D eigenvalue weighted by atomic mass is 16.5. The zero-order valence-electron chi connectivity index (χ0n) is 18.1. The quantitative estimate of drug-likeness (QED) is 0.438. The van der Waals surface area contributed by atoms with Crippen LogP contribution in [0.25, 0.3) is 16.7 Å². The molecule has 2 heterocycles. The van der Waals surface area contributed by atoms with E-state index < -0.39 is 6.04 Å². The van der Waals surface area contributed by atoms with E-state index in [-0.39, 0.29) is 5.78 Å². The van der Waals surface area contributed by atoms with Crippen LogP contribution >= 0.6 is 0 Å². The first-order valence-corrected chi connectivity index (χ1v) is 10.4. The smallest absolute Gasteiger partial charge is 0.209 e. The molecule has 32 heavy (non-hydrogen) atoms. The van der Waals surface area contributed by atoms with E-state index in [4.69, 9.17) is 14.5 Å². The van der Waals surface area contributed by atoms with Crippen LogP contribution in [-0.4, -0.2) is 29.6 Å². The standard InChI is InChI=1S/C26H23N3O3/c1-16-23(25(30)17-9-5-4-6-10-17)24(19-15-18(31-2)13-14-22(19)32-3)28-26-27-20-11-7-8-12-21(20)29(16)26/h4-15,24H,1-3H3,(H,27,28)/t24-/m1/s1. The second kappa shape index (κ2) is 7.89. The fourth-order valence-electron chi connectivity index (χ4n) is 4.33. The number of benzene rings is 3. The van der Waals surface area contributed by atoms with E-state index in [1.807, 2.05) is 84.3 Å². The Bertz CT molecular complexity index is 1360. The van der Waals surface area contributed by atoms with Crippen LogP contribution < -0.4 is 14.8 Å². The number of anilines is 1. The number of fused-ring (bicyclic) bond motifs is 3. The first kappa shape index (κ1) is 19.9. The van der Waals surface area contributed by atoms with Crippen LogP contribution in [0.3, 0.4) is 0 Å².